The van der Waals surface area contributed by atoms with Gasteiger partial charge in [-0.25, -0.2) is 8.78 Å². The Kier molecular flexibility index (Phi) is 3.96. The van der Waals surface area contributed by atoms with Gasteiger partial charge in [0, 0.05) is 23.0 Å². The maximum Gasteiger partial charge on any atom is 0.268 e. The van der Waals surface area contributed by atoms with E-state index in [0.717, 1.165) is 23.0 Å². The van der Waals surface area contributed by atoms with Crippen LogP contribution in [0.4, 0.5) is 8.78 Å². The standard InChI is InChI=1S/C19H13F2N3O2/c20-12-5-6-14(15(21)8-12)18-9-13(24-26-18)10-22-19(25)17-7-11-3-1-2-4-16(11)23-17/h1-9,23H,10H2,(H,22,25). The van der Waals surface area contributed by atoms with E-state index in [-0.39, 0.29) is 23.8 Å². The smallest absolute Gasteiger partial charge is 0.268 e. The fourth-order valence-electron chi connectivity index (χ4n) is 2.67. The monoisotopic (exact) mass is 353 g/mol. The molecule has 0 unspecified atom stereocenters. The van der Waals surface area contributed by atoms with E-state index in [1.54, 1.807) is 6.07 Å². The zero-order valence-corrected chi connectivity index (χ0v) is 13.4. The summed E-state index contributed by atoms with van der Waals surface area (Å²) in [5, 5.41) is 7.46. The lowest BCUT2D eigenvalue weighted by Crippen LogP contribution is -2.23. The predicted molar refractivity (Wildman–Crippen MR) is 91.3 cm³/mol. The van der Waals surface area contributed by atoms with Gasteiger partial charge in [-0.15, -0.1) is 0 Å². The molecule has 4 aromatic rings. The number of fused-ring (bicyclic) bond motifs is 1. The second-order valence-electron chi connectivity index (χ2n) is 5.76. The lowest BCUT2D eigenvalue weighted by atomic mass is 10.1. The highest BCUT2D eigenvalue weighted by molar-refractivity contribution is 5.97. The van der Waals surface area contributed by atoms with Gasteiger partial charge in [0.1, 0.15) is 23.0 Å². The minimum Gasteiger partial charge on any atom is -0.356 e. The minimum absolute atomic E-state index is 0.104. The van der Waals surface area contributed by atoms with Gasteiger partial charge in [-0.1, -0.05) is 23.4 Å². The molecule has 0 spiro atoms. The maximum absolute atomic E-state index is 13.8. The van der Waals surface area contributed by atoms with Crippen LogP contribution in [0.5, 0.6) is 0 Å². The molecule has 2 heterocycles. The van der Waals surface area contributed by atoms with Crippen molar-refractivity contribution in [3.05, 3.63) is 77.6 Å². The van der Waals surface area contributed by atoms with Gasteiger partial charge in [-0.05, 0) is 24.3 Å². The first-order valence-corrected chi connectivity index (χ1v) is 7.87. The van der Waals surface area contributed by atoms with Crippen molar-refractivity contribution in [2.75, 3.05) is 0 Å². The van der Waals surface area contributed by atoms with Gasteiger partial charge < -0.3 is 14.8 Å². The molecule has 1 amide bonds. The average molecular weight is 353 g/mol. The minimum atomic E-state index is -0.741. The van der Waals surface area contributed by atoms with Crippen molar-refractivity contribution >= 4 is 16.8 Å². The number of nitrogens with one attached hydrogen (secondary N) is 2. The van der Waals surface area contributed by atoms with Crippen molar-refractivity contribution in [2.45, 2.75) is 6.54 Å². The first-order valence-electron chi connectivity index (χ1n) is 7.87. The molecule has 130 valence electrons. The summed E-state index contributed by atoms with van der Waals surface area (Å²) in [6.07, 6.45) is 0. The largest absolute Gasteiger partial charge is 0.356 e. The molecule has 2 aromatic heterocycles. The summed E-state index contributed by atoms with van der Waals surface area (Å²) in [5.41, 5.74) is 1.83. The van der Waals surface area contributed by atoms with Crippen molar-refractivity contribution in [1.29, 1.82) is 0 Å². The topological polar surface area (TPSA) is 70.9 Å². The number of rotatable bonds is 4. The SMILES string of the molecule is O=C(NCc1cc(-c2ccc(F)cc2F)on1)c1cc2ccccc2[nH]1. The summed E-state index contributed by atoms with van der Waals surface area (Å²) in [5.74, 6) is -1.54. The van der Waals surface area contributed by atoms with Crippen LogP contribution < -0.4 is 5.32 Å². The third kappa shape index (κ3) is 3.06. The number of nitrogens with zero attached hydrogens (tertiary/aromatic N) is 1. The van der Waals surface area contributed by atoms with E-state index < -0.39 is 11.6 Å². The van der Waals surface area contributed by atoms with Crippen LogP contribution >= 0.6 is 0 Å². The Morgan fingerprint density at radius 1 is 1.12 bits per heavy atom. The quantitative estimate of drug-likeness (QED) is 0.582. The van der Waals surface area contributed by atoms with Crippen LogP contribution in [0.1, 0.15) is 16.2 Å². The van der Waals surface area contributed by atoms with E-state index in [2.05, 4.69) is 15.5 Å². The van der Waals surface area contributed by atoms with Gasteiger partial charge in [0.25, 0.3) is 5.91 Å². The van der Waals surface area contributed by atoms with Gasteiger partial charge >= 0.3 is 0 Å². The number of halogens is 2. The summed E-state index contributed by atoms with van der Waals surface area (Å²) in [6, 6.07) is 14.0. The number of hydrogen-bond acceptors (Lipinski definition) is 3. The number of benzene rings is 2. The molecule has 2 aromatic carbocycles. The number of amides is 1. The summed E-state index contributed by atoms with van der Waals surface area (Å²) < 4.78 is 31.8. The number of carbonyl (C=O) groups is 1. The number of carbonyl (C=O) groups excluding carboxylic acids is 1. The zero-order chi connectivity index (χ0) is 18.1. The zero-order valence-electron chi connectivity index (χ0n) is 13.4. The summed E-state index contributed by atoms with van der Waals surface area (Å²) in [6.45, 7) is 0.112. The van der Waals surface area contributed by atoms with Crippen molar-refractivity contribution in [1.82, 2.24) is 15.5 Å². The molecule has 0 atom stereocenters. The van der Waals surface area contributed by atoms with E-state index in [0.29, 0.717) is 11.4 Å². The van der Waals surface area contributed by atoms with E-state index in [1.807, 2.05) is 24.3 Å². The molecule has 5 nitrogen and oxygen atoms in total. The Morgan fingerprint density at radius 3 is 2.77 bits per heavy atom. The molecule has 0 bridgehead atoms. The van der Waals surface area contributed by atoms with Gasteiger partial charge in [0.2, 0.25) is 0 Å². The highest BCUT2D eigenvalue weighted by Gasteiger charge is 2.14. The van der Waals surface area contributed by atoms with Crippen LogP contribution in [0.25, 0.3) is 22.2 Å². The van der Waals surface area contributed by atoms with Crippen molar-refractivity contribution in [3.8, 4) is 11.3 Å². The van der Waals surface area contributed by atoms with Crippen LogP contribution in [-0.2, 0) is 6.54 Å². The molecular formula is C19H13F2N3O2. The Hall–Kier alpha value is -3.48. The summed E-state index contributed by atoms with van der Waals surface area (Å²) >= 11 is 0. The Balaban J connectivity index is 1.46. The van der Waals surface area contributed by atoms with E-state index >= 15 is 0 Å². The molecule has 0 aliphatic heterocycles. The molecule has 26 heavy (non-hydrogen) atoms. The van der Waals surface area contributed by atoms with Gasteiger partial charge in [0.05, 0.1) is 12.1 Å². The second-order valence-corrected chi connectivity index (χ2v) is 5.76. The highest BCUT2D eigenvalue weighted by atomic mass is 19.1. The lowest BCUT2D eigenvalue weighted by molar-refractivity contribution is 0.0946. The number of H-pyrrole nitrogens is 1. The molecule has 0 fully saturated rings. The Morgan fingerprint density at radius 2 is 1.96 bits per heavy atom. The van der Waals surface area contributed by atoms with Crippen LogP contribution in [0.2, 0.25) is 0 Å². The molecule has 2 N–H and O–H groups in total. The summed E-state index contributed by atoms with van der Waals surface area (Å²) in [4.78, 5) is 15.3. The van der Waals surface area contributed by atoms with Crippen molar-refractivity contribution in [2.24, 2.45) is 0 Å². The number of para-hydroxylation sites is 1. The normalized spacial score (nSPS) is 11.0. The van der Waals surface area contributed by atoms with Crippen LogP contribution in [0.3, 0.4) is 0 Å². The molecule has 7 heteroatoms. The molecule has 0 aliphatic rings. The first kappa shape index (κ1) is 16.0. The number of aromatic nitrogens is 2. The fourth-order valence-corrected chi connectivity index (χ4v) is 2.67. The molecule has 4 rings (SSSR count). The van der Waals surface area contributed by atoms with Crippen LogP contribution in [-0.4, -0.2) is 16.0 Å². The first-order chi connectivity index (χ1) is 12.6. The van der Waals surface area contributed by atoms with E-state index in [4.69, 9.17) is 4.52 Å². The lowest BCUT2D eigenvalue weighted by Gasteiger charge is -2.00. The fraction of sp³-hybridized carbons (Fsp3) is 0.0526. The number of hydrogen-bond donors (Lipinski definition) is 2. The second kappa shape index (κ2) is 6.44. The Labute approximate surface area is 146 Å². The summed E-state index contributed by atoms with van der Waals surface area (Å²) in [7, 11) is 0. The molecule has 0 saturated carbocycles. The van der Waals surface area contributed by atoms with Gasteiger partial charge in [-0.3, -0.25) is 4.79 Å². The van der Waals surface area contributed by atoms with Crippen LogP contribution in [0.15, 0.2) is 59.1 Å². The molecular weight excluding hydrogens is 340 g/mol. The Bertz CT molecular complexity index is 1070. The third-order valence-electron chi connectivity index (χ3n) is 3.96. The number of aromatic amines is 1. The molecule has 0 saturated heterocycles. The van der Waals surface area contributed by atoms with Gasteiger partial charge in [-0.2, -0.15) is 0 Å². The highest BCUT2D eigenvalue weighted by Crippen LogP contribution is 2.24. The molecule has 0 aliphatic carbocycles. The third-order valence-corrected chi connectivity index (χ3v) is 3.96. The van der Waals surface area contributed by atoms with Crippen molar-refractivity contribution < 1.29 is 18.1 Å². The van der Waals surface area contributed by atoms with E-state index in [1.165, 1.54) is 12.1 Å². The maximum atomic E-state index is 13.8. The predicted octanol–water partition coefficient (Wildman–Crippen LogP) is 4.03. The average Bonchev–Trinajstić information content (AvgIpc) is 3.26. The van der Waals surface area contributed by atoms with Gasteiger partial charge in [0.15, 0.2) is 5.76 Å². The van der Waals surface area contributed by atoms with E-state index in [9.17, 15) is 13.6 Å². The molecule has 0 radical (unpaired) electrons. The van der Waals surface area contributed by atoms with Crippen molar-refractivity contribution in [3.63, 3.8) is 0 Å². The van der Waals surface area contributed by atoms with Crippen LogP contribution in [0, 0.1) is 11.6 Å².